The Morgan fingerprint density at radius 3 is 1.40 bits per heavy atom. The normalized spacial score (nSPS) is 11.2. The molecule has 0 fully saturated rings. The molecule has 6 heteroatoms. The highest BCUT2D eigenvalue weighted by Gasteiger charge is 2.14. The van der Waals surface area contributed by atoms with Crippen LogP contribution in [0.25, 0.3) is 0 Å². The van der Waals surface area contributed by atoms with Gasteiger partial charge < -0.3 is 0 Å². The van der Waals surface area contributed by atoms with Gasteiger partial charge in [-0.05, 0) is 25.2 Å². The fraction of sp³-hybridized carbons (Fsp3) is 0.786. The Morgan fingerprint density at radius 1 is 0.750 bits per heavy atom. The Morgan fingerprint density at radius 2 is 1.10 bits per heavy atom. The van der Waals surface area contributed by atoms with Crippen LogP contribution in [0.5, 0.6) is 0 Å². The van der Waals surface area contributed by atoms with Crippen LogP contribution in [-0.2, 0) is 19.6 Å². The van der Waals surface area contributed by atoms with Crippen molar-refractivity contribution in [3.63, 3.8) is 0 Å². The molecule has 0 spiro atoms. The van der Waals surface area contributed by atoms with Crippen LogP contribution in [0.4, 0.5) is 0 Å². The minimum Gasteiger partial charge on any atom is -0.247 e. The van der Waals surface area contributed by atoms with E-state index >= 15 is 0 Å². The predicted molar refractivity (Wildman–Crippen MR) is 79.3 cm³/mol. The van der Waals surface area contributed by atoms with Crippen LogP contribution in [0.2, 0.25) is 0 Å². The molecule has 0 bridgehead atoms. The van der Waals surface area contributed by atoms with Gasteiger partial charge in [0.15, 0.2) is 0 Å². The molecule has 1 heterocycles. The maximum atomic E-state index is 12.3. The molecule has 1 rings (SSSR count). The summed E-state index contributed by atoms with van der Waals surface area (Å²) < 4.78 is 3.56. The molecule has 0 saturated heterocycles. The molecule has 0 amide bonds. The zero-order valence-electron chi connectivity index (χ0n) is 12.9. The van der Waals surface area contributed by atoms with E-state index in [2.05, 4.69) is 0 Å². The number of hydrogen-bond acceptors (Lipinski definition) is 3. The lowest BCUT2D eigenvalue weighted by Gasteiger charge is -2.13. The van der Waals surface area contributed by atoms with Gasteiger partial charge in [0.1, 0.15) is 0 Å². The summed E-state index contributed by atoms with van der Waals surface area (Å²) in [5.74, 6) is 0.396. The zero-order valence-corrected chi connectivity index (χ0v) is 12.9. The summed E-state index contributed by atoms with van der Waals surface area (Å²) in [6, 6.07) is 0. The van der Waals surface area contributed by atoms with Gasteiger partial charge in [0, 0.05) is 19.6 Å². The third-order valence-electron chi connectivity index (χ3n) is 3.21. The molecule has 0 aliphatic heterocycles. The maximum Gasteiger partial charge on any atom is 0.336 e. The number of rotatable bonds is 7. The minimum absolute atomic E-state index is 0.351. The summed E-state index contributed by atoms with van der Waals surface area (Å²) in [4.78, 5) is 36.8. The molecular formula is C14H25N3O3. The smallest absolute Gasteiger partial charge is 0.247 e. The Kier molecular flexibility index (Phi) is 5.98. The lowest BCUT2D eigenvalue weighted by Crippen LogP contribution is -2.54. The monoisotopic (exact) mass is 283 g/mol. The molecule has 114 valence electrons. The van der Waals surface area contributed by atoms with Crippen molar-refractivity contribution in [1.82, 2.24) is 13.7 Å². The van der Waals surface area contributed by atoms with Gasteiger partial charge in [0.2, 0.25) is 0 Å². The van der Waals surface area contributed by atoms with Gasteiger partial charge in [0.05, 0.1) is 0 Å². The molecular weight excluding hydrogens is 258 g/mol. The summed E-state index contributed by atoms with van der Waals surface area (Å²) in [5.41, 5.74) is -1.44. The summed E-state index contributed by atoms with van der Waals surface area (Å²) in [6.45, 7) is 8.95. The molecule has 0 N–H and O–H groups in total. The average molecular weight is 283 g/mol. The molecule has 0 unspecified atom stereocenters. The third kappa shape index (κ3) is 3.49. The van der Waals surface area contributed by atoms with Crippen LogP contribution in [-0.4, -0.2) is 13.7 Å². The maximum absolute atomic E-state index is 12.3. The van der Waals surface area contributed by atoms with Gasteiger partial charge in [-0.25, -0.2) is 28.1 Å². The fourth-order valence-electron chi connectivity index (χ4n) is 2.09. The van der Waals surface area contributed by atoms with Crippen molar-refractivity contribution < 1.29 is 0 Å². The number of nitrogens with zero attached hydrogens (tertiary/aromatic N) is 3. The van der Waals surface area contributed by atoms with Gasteiger partial charge in [-0.1, -0.05) is 27.7 Å². The highest BCUT2D eigenvalue weighted by atomic mass is 16.2. The van der Waals surface area contributed by atoms with Gasteiger partial charge in [-0.15, -0.1) is 0 Å². The Bertz CT molecular complexity index is 563. The van der Waals surface area contributed by atoms with Gasteiger partial charge in [-0.2, -0.15) is 0 Å². The molecule has 1 aromatic rings. The van der Waals surface area contributed by atoms with Crippen molar-refractivity contribution in [3.05, 3.63) is 31.5 Å². The van der Waals surface area contributed by atoms with E-state index < -0.39 is 17.1 Å². The predicted octanol–water partition coefficient (Wildman–Crippen LogP) is 1.04. The molecule has 0 radical (unpaired) electrons. The highest BCUT2D eigenvalue weighted by molar-refractivity contribution is 4.79. The van der Waals surface area contributed by atoms with E-state index in [0.717, 1.165) is 6.42 Å². The lowest BCUT2D eigenvalue weighted by molar-refractivity contribution is 0.413. The van der Waals surface area contributed by atoms with Crippen molar-refractivity contribution in [2.45, 2.75) is 66.6 Å². The van der Waals surface area contributed by atoms with Crippen LogP contribution < -0.4 is 17.1 Å². The van der Waals surface area contributed by atoms with Crippen molar-refractivity contribution in [2.75, 3.05) is 0 Å². The molecule has 6 nitrogen and oxygen atoms in total. The first kappa shape index (κ1) is 16.5. The molecule has 1 aromatic heterocycles. The van der Waals surface area contributed by atoms with Crippen LogP contribution in [0.3, 0.4) is 0 Å². The van der Waals surface area contributed by atoms with E-state index in [1.54, 1.807) is 0 Å². The zero-order chi connectivity index (χ0) is 15.3. The molecule has 0 aliphatic carbocycles. The van der Waals surface area contributed by atoms with E-state index in [-0.39, 0.29) is 0 Å². The van der Waals surface area contributed by atoms with E-state index in [1.807, 2.05) is 27.7 Å². The first-order chi connectivity index (χ1) is 9.43. The summed E-state index contributed by atoms with van der Waals surface area (Å²) >= 11 is 0. The van der Waals surface area contributed by atoms with Crippen LogP contribution >= 0.6 is 0 Å². The largest absolute Gasteiger partial charge is 0.336 e. The number of aromatic nitrogens is 3. The number of hydrogen-bond donors (Lipinski definition) is 0. The highest BCUT2D eigenvalue weighted by Crippen LogP contribution is 1.99. The second kappa shape index (κ2) is 7.26. The first-order valence-corrected chi connectivity index (χ1v) is 7.38. The minimum atomic E-state index is -0.482. The second-order valence-electron chi connectivity index (χ2n) is 5.49. The quantitative estimate of drug-likeness (QED) is 0.751. The van der Waals surface area contributed by atoms with Crippen molar-refractivity contribution in [2.24, 2.45) is 5.92 Å². The Labute approximate surface area is 118 Å². The van der Waals surface area contributed by atoms with E-state index in [0.29, 0.717) is 38.4 Å². The van der Waals surface area contributed by atoms with E-state index in [1.165, 1.54) is 13.7 Å². The SMILES string of the molecule is CCCn1c(=O)n(CCC)c(=O)n(CCC(C)C)c1=O. The Hall–Kier alpha value is -1.59. The van der Waals surface area contributed by atoms with Gasteiger partial charge >= 0.3 is 17.1 Å². The third-order valence-corrected chi connectivity index (χ3v) is 3.21. The van der Waals surface area contributed by atoms with Gasteiger partial charge in [-0.3, -0.25) is 0 Å². The topological polar surface area (TPSA) is 66.0 Å². The second-order valence-corrected chi connectivity index (χ2v) is 5.49. The van der Waals surface area contributed by atoms with E-state index in [9.17, 15) is 14.4 Å². The van der Waals surface area contributed by atoms with Crippen molar-refractivity contribution >= 4 is 0 Å². The van der Waals surface area contributed by atoms with Crippen LogP contribution in [0.1, 0.15) is 47.0 Å². The standard InChI is InChI=1S/C14H25N3O3/c1-5-8-15-12(18)16(9-6-2)14(20)17(13(15)19)10-7-11(3)4/h11H,5-10H2,1-4H3. The van der Waals surface area contributed by atoms with E-state index in [4.69, 9.17) is 0 Å². The summed E-state index contributed by atoms with van der Waals surface area (Å²) in [7, 11) is 0. The summed E-state index contributed by atoms with van der Waals surface area (Å²) in [5, 5.41) is 0. The molecule has 0 atom stereocenters. The van der Waals surface area contributed by atoms with Crippen LogP contribution in [0, 0.1) is 5.92 Å². The molecule has 0 aliphatic rings. The summed E-state index contributed by atoms with van der Waals surface area (Å²) in [6.07, 6.45) is 2.11. The van der Waals surface area contributed by atoms with Crippen LogP contribution in [0.15, 0.2) is 14.4 Å². The van der Waals surface area contributed by atoms with Gasteiger partial charge in [0.25, 0.3) is 0 Å². The average Bonchev–Trinajstić information content (AvgIpc) is 2.39. The molecule has 0 aromatic carbocycles. The molecule has 20 heavy (non-hydrogen) atoms. The lowest BCUT2D eigenvalue weighted by atomic mass is 10.1. The fourth-order valence-corrected chi connectivity index (χ4v) is 2.09. The molecule has 0 saturated carbocycles. The Balaban J connectivity index is 3.45. The van der Waals surface area contributed by atoms with Crippen molar-refractivity contribution in [1.29, 1.82) is 0 Å². The van der Waals surface area contributed by atoms with Crippen molar-refractivity contribution in [3.8, 4) is 0 Å². The first-order valence-electron chi connectivity index (χ1n) is 7.38.